The van der Waals surface area contributed by atoms with Crippen molar-refractivity contribution in [3.8, 4) is 17.2 Å². The number of methoxy groups -OCH3 is 1. The van der Waals surface area contributed by atoms with E-state index < -0.39 is 5.60 Å². The molecule has 1 saturated heterocycles. The second kappa shape index (κ2) is 12.3. The molecule has 1 N–H and O–H groups in total. The Morgan fingerprint density at radius 3 is 2.50 bits per heavy atom. The number of benzene rings is 2. The van der Waals surface area contributed by atoms with E-state index in [0.717, 1.165) is 16.7 Å². The summed E-state index contributed by atoms with van der Waals surface area (Å²) in [6.07, 6.45) is 3.80. The SMILES string of the molecule is COc1ccc(CN2CCN(C(C)=O)CC(O)(COc3ccc(C)cc3)C2)cc1OCCn1cc(C)cn1. The van der Waals surface area contributed by atoms with E-state index in [0.29, 0.717) is 56.6 Å². The summed E-state index contributed by atoms with van der Waals surface area (Å²) in [5.74, 6) is 1.95. The van der Waals surface area contributed by atoms with Gasteiger partial charge in [0.15, 0.2) is 11.5 Å². The Morgan fingerprint density at radius 1 is 1.03 bits per heavy atom. The van der Waals surface area contributed by atoms with Crippen LogP contribution >= 0.6 is 0 Å². The molecule has 4 rings (SSSR count). The first-order valence-electron chi connectivity index (χ1n) is 12.9. The van der Waals surface area contributed by atoms with Crippen LogP contribution in [0, 0.1) is 13.8 Å². The lowest BCUT2D eigenvalue weighted by atomic mass is 10.0. The molecular formula is C29H38N4O5. The van der Waals surface area contributed by atoms with Crippen molar-refractivity contribution in [1.29, 1.82) is 0 Å². The van der Waals surface area contributed by atoms with Gasteiger partial charge in [0.1, 0.15) is 24.6 Å². The molecule has 2 heterocycles. The van der Waals surface area contributed by atoms with E-state index in [1.54, 1.807) is 12.0 Å². The number of amides is 1. The highest BCUT2D eigenvalue weighted by Gasteiger charge is 2.37. The zero-order chi connectivity index (χ0) is 27.1. The number of ether oxygens (including phenoxy) is 3. The molecule has 1 fully saturated rings. The van der Waals surface area contributed by atoms with Crippen molar-refractivity contribution >= 4 is 5.91 Å². The number of β-amino-alcohol motifs (C(OH)–C–C–N with tert-alkyl or cyclic N) is 1. The van der Waals surface area contributed by atoms with Crippen LogP contribution in [0.15, 0.2) is 54.9 Å². The van der Waals surface area contributed by atoms with Crippen molar-refractivity contribution in [3.05, 3.63) is 71.5 Å². The summed E-state index contributed by atoms with van der Waals surface area (Å²) in [6.45, 7) is 9.05. The first kappa shape index (κ1) is 27.5. The molecule has 204 valence electrons. The van der Waals surface area contributed by atoms with Crippen LogP contribution in [0.2, 0.25) is 0 Å². The van der Waals surface area contributed by atoms with Gasteiger partial charge in [0.25, 0.3) is 0 Å². The average Bonchev–Trinajstić information content (AvgIpc) is 3.22. The molecule has 1 unspecified atom stereocenters. The van der Waals surface area contributed by atoms with E-state index in [-0.39, 0.29) is 19.1 Å². The minimum atomic E-state index is -1.22. The molecule has 1 atom stereocenters. The van der Waals surface area contributed by atoms with Crippen molar-refractivity contribution < 1.29 is 24.1 Å². The van der Waals surface area contributed by atoms with Crippen LogP contribution in [-0.4, -0.2) is 82.7 Å². The highest BCUT2D eigenvalue weighted by atomic mass is 16.5. The number of rotatable bonds is 10. The summed E-state index contributed by atoms with van der Waals surface area (Å²) < 4.78 is 19.4. The van der Waals surface area contributed by atoms with E-state index in [1.807, 2.05) is 73.4 Å². The maximum absolute atomic E-state index is 12.3. The maximum atomic E-state index is 12.3. The monoisotopic (exact) mass is 522 g/mol. The fourth-order valence-corrected chi connectivity index (χ4v) is 4.62. The van der Waals surface area contributed by atoms with Crippen LogP contribution < -0.4 is 14.2 Å². The van der Waals surface area contributed by atoms with Gasteiger partial charge >= 0.3 is 0 Å². The first-order valence-corrected chi connectivity index (χ1v) is 12.9. The molecule has 0 saturated carbocycles. The largest absolute Gasteiger partial charge is 0.493 e. The van der Waals surface area contributed by atoms with E-state index in [4.69, 9.17) is 14.2 Å². The van der Waals surface area contributed by atoms with Crippen LogP contribution in [-0.2, 0) is 17.9 Å². The van der Waals surface area contributed by atoms with Crippen LogP contribution in [0.25, 0.3) is 0 Å². The molecule has 0 bridgehead atoms. The van der Waals surface area contributed by atoms with Gasteiger partial charge in [-0.15, -0.1) is 0 Å². The molecule has 1 aromatic heterocycles. The van der Waals surface area contributed by atoms with Gasteiger partial charge in [-0.1, -0.05) is 23.8 Å². The summed E-state index contributed by atoms with van der Waals surface area (Å²) in [5.41, 5.74) is 2.04. The van der Waals surface area contributed by atoms with Crippen LogP contribution in [0.4, 0.5) is 0 Å². The van der Waals surface area contributed by atoms with E-state index in [2.05, 4.69) is 10.00 Å². The summed E-state index contributed by atoms with van der Waals surface area (Å²) in [7, 11) is 1.62. The summed E-state index contributed by atoms with van der Waals surface area (Å²) >= 11 is 0. The quantitative estimate of drug-likeness (QED) is 0.438. The highest BCUT2D eigenvalue weighted by Crippen LogP contribution is 2.29. The smallest absolute Gasteiger partial charge is 0.219 e. The highest BCUT2D eigenvalue weighted by molar-refractivity contribution is 5.73. The van der Waals surface area contributed by atoms with Crippen molar-refractivity contribution in [2.75, 3.05) is 46.5 Å². The molecule has 0 aliphatic carbocycles. The Hall–Kier alpha value is -3.56. The zero-order valence-electron chi connectivity index (χ0n) is 22.7. The third-order valence-electron chi connectivity index (χ3n) is 6.64. The van der Waals surface area contributed by atoms with Gasteiger partial charge in [-0.05, 0) is 49.2 Å². The Morgan fingerprint density at radius 2 is 1.82 bits per heavy atom. The number of hydrogen-bond acceptors (Lipinski definition) is 7. The Labute approximate surface area is 224 Å². The molecule has 2 aromatic carbocycles. The minimum absolute atomic E-state index is 0.0619. The maximum Gasteiger partial charge on any atom is 0.219 e. The average molecular weight is 523 g/mol. The van der Waals surface area contributed by atoms with Gasteiger partial charge in [-0.2, -0.15) is 5.10 Å². The molecule has 9 nitrogen and oxygen atoms in total. The predicted octanol–water partition coefficient (Wildman–Crippen LogP) is 3.06. The number of carbonyl (C=O) groups excluding carboxylic acids is 1. The topological polar surface area (TPSA) is 89.3 Å². The van der Waals surface area contributed by atoms with Crippen LogP contribution in [0.3, 0.4) is 0 Å². The lowest BCUT2D eigenvalue weighted by Crippen LogP contribution is -2.51. The first-order chi connectivity index (χ1) is 18.2. The predicted molar refractivity (Wildman–Crippen MR) is 145 cm³/mol. The lowest BCUT2D eigenvalue weighted by Gasteiger charge is -2.32. The minimum Gasteiger partial charge on any atom is -0.493 e. The molecular weight excluding hydrogens is 484 g/mol. The van der Waals surface area contributed by atoms with E-state index in [1.165, 1.54) is 6.92 Å². The van der Waals surface area contributed by atoms with Gasteiger partial charge in [0.05, 0.1) is 26.4 Å². The number of carbonyl (C=O) groups is 1. The summed E-state index contributed by atoms with van der Waals surface area (Å²) in [5, 5.41) is 15.9. The second-order valence-electron chi connectivity index (χ2n) is 10.1. The van der Waals surface area contributed by atoms with Gasteiger partial charge in [0, 0.05) is 39.3 Å². The molecule has 3 aromatic rings. The summed E-state index contributed by atoms with van der Waals surface area (Å²) in [4.78, 5) is 16.1. The van der Waals surface area contributed by atoms with Crippen LogP contribution in [0.1, 0.15) is 23.6 Å². The Balaban J connectivity index is 1.44. The molecule has 1 aliphatic rings. The third-order valence-corrected chi connectivity index (χ3v) is 6.64. The normalized spacial score (nSPS) is 18.2. The Bertz CT molecular complexity index is 1210. The van der Waals surface area contributed by atoms with Crippen molar-refractivity contribution in [2.45, 2.75) is 39.5 Å². The molecule has 38 heavy (non-hydrogen) atoms. The van der Waals surface area contributed by atoms with Gasteiger partial charge in [-0.3, -0.25) is 14.4 Å². The zero-order valence-corrected chi connectivity index (χ0v) is 22.7. The number of aryl methyl sites for hydroxylation is 2. The Kier molecular flexibility index (Phi) is 8.91. The fraction of sp³-hybridized carbons (Fsp3) is 0.448. The lowest BCUT2D eigenvalue weighted by molar-refractivity contribution is -0.132. The number of nitrogens with zero attached hydrogens (tertiary/aromatic N) is 4. The standard InChI is InChI=1S/C29H38N4O5/c1-22-5-8-26(9-6-22)38-21-29(35)19-31(11-12-32(20-29)24(3)34)18-25-7-10-27(36-4)28(15-25)37-14-13-33-17-23(2)16-30-33/h5-10,15-17,35H,11-14,18-21H2,1-4H3. The van der Waals surface area contributed by atoms with Gasteiger partial charge in [-0.25, -0.2) is 0 Å². The number of aliphatic hydroxyl groups is 1. The molecule has 9 heteroatoms. The molecule has 1 amide bonds. The van der Waals surface area contributed by atoms with Crippen molar-refractivity contribution in [1.82, 2.24) is 19.6 Å². The molecule has 0 spiro atoms. The van der Waals surface area contributed by atoms with Crippen molar-refractivity contribution in [3.63, 3.8) is 0 Å². The van der Waals surface area contributed by atoms with Crippen molar-refractivity contribution in [2.24, 2.45) is 0 Å². The van der Waals surface area contributed by atoms with Gasteiger partial charge < -0.3 is 24.2 Å². The summed E-state index contributed by atoms with van der Waals surface area (Å²) in [6, 6.07) is 13.6. The fourth-order valence-electron chi connectivity index (χ4n) is 4.62. The number of hydrogen-bond donors (Lipinski definition) is 1. The second-order valence-corrected chi connectivity index (χ2v) is 10.1. The molecule has 1 aliphatic heterocycles. The molecule has 0 radical (unpaired) electrons. The van der Waals surface area contributed by atoms with Crippen LogP contribution in [0.5, 0.6) is 17.2 Å². The number of aromatic nitrogens is 2. The third kappa shape index (κ3) is 7.49. The van der Waals surface area contributed by atoms with E-state index >= 15 is 0 Å². The van der Waals surface area contributed by atoms with E-state index in [9.17, 15) is 9.90 Å². The van der Waals surface area contributed by atoms with Gasteiger partial charge in [0.2, 0.25) is 5.91 Å².